The van der Waals surface area contributed by atoms with Gasteiger partial charge in [-0.05, 0) is 69.5 Å². The van der Waals surface area contributed by atoms with Crippen LogP contribution in [0.2, 0.25) is 0 Å². The van der Waals surface area contributed by atoms with Gasteiger partial charge >= 0.3 is 0 Å². The number of anilines is 1. The van der Waals surface area contributed by atoms with Gasteiger partial charge in [0.1, 0.15) is 35.7 Å². The molecule has 3 rings (SSSR count). The Morgan fingerprint density at radius 1 is 1.22 bits per heavy atom. The van der Waals surface area contributed by atoms with Crippen LogP contribution in [0.1, 0.15) is 39.0 Å². The molecule has 2 saturated heterocycles. The van der Waals surface area contributed by atoms with Crippen LogP contribution >= 0.6 is 23.4 Å². The number of aliphatic hydroxyl groups is 3. The number of benzene rings is 1. The third kappa shape index (κ3) is 8.26. The van der Waals surface area contributed by atoms with E-state index in [2.05, 4.69) is 16.0 Å². The quantitative estimate of drug-likeness (QED) is 0.250. The molecular formula is C25H37ClFN3O6S. The highest BCUT2D eigenvalue weighted by Crippen LogP contribution is 2.30. The van der Waals surface area contributed by atoms with Crippen molar-refractivity contribution in [2.24, 2.45) is 5.92 Å². The normalized spacial score (nSPS) is 32.1. The Balaban J connectivity index is 1.51. The first kappa shape index (κ1) is 30.1. The zero-order chi connectivity index (χ0) is 27.1. The van der Waals surface area contributed by atoms with Crippen molar-refractivity contribution in [2.45, 2.75) is 86.3 Å². The predicted molar refractivity (Wildman–Crippen MR) is 141 cm³/mol. The molecule has 4 unspecified atom stereocenters. The van der Waals surface area contributed by atoms with Crippen molar-refractivity contribution in [1.29, 1.82) is 0 Å². The van der Waals surface area contributed by atoms with Gasteiger partial charge in [-0.3, -0.25) is 9.59 Å². The number of thioether (sulfide) groups is 1. The van der Waals surface area contributed by atoms with E-state index in [1.165, 1.54) is 30.0 Å². The number of rotatable bonds is 9. The molecule has 12 heteroatoms. The number of alkyl halides is 1. The van der Waals surface area contributed by atoms with Crippen molar-refractivity contribution in [2.75, 3.05) is 18.1 Å². The van der Waals surface area contributed by atoms with Crippen molar-refractivity contribution in [3.05, 3.63) is 30.1 Å². The van der Waals surface area contributed by atoms with Crippen molar-refractivity contribution < 1.29 is 34.0 Å². The molecule has 2 amide bonds. The average Bonchev–Trinajstić information content (AvgIpc) is 3.11. The Labute approximate surface area is 225 Å². The summed E-state index contributed by atoms with van der Waals surface area (Å²) >= 11 is 7.55. The number of nitrogens with one attached hydrogen (secondary N) is 3. The molecule has 0 bridgehead atoms. The maximum atomic E-state index is 13.3. The molecule has 0 aromatic heterocycles. The molecule has 2 fully saturated rings. The summed E-state index contributed by atoms with van der Waals surface area (Å²) in [4.78, 5) is 25.4. The summed E-state index contributed by atoms with van der Waals surface area (Å²) in [5, 5.41) is 39.1. The average molecular weight is 562 g/mol. The molecule has 2 heterocycles. The maximum Gasteiger partial charge on any atom is 0.237 e. The van der Waals surface area contributed by atoms with Crippen LogP contribution in [0.4, 0.5) is 10.1 Å². The number of carbonyl (C=O) groups excluding carboxylic acids is 2. The lowest BCUT2D eigenvalue weighted by Crippen LogP contribution is -2.65. The maximum absolute atomic E-state index is 13.3. The summed E-state index contributed by atoms with van der Waals surface area (Å²) in [7, 11) is 0. The van der Waals surface area contributed by atoms with E-state index < -0.39 is 53.1 Å². The molecule has 9 atom stereocenters. The number of carbonyl (C=O) groups is 2. The summed E-state index contributed by atoms with van der Waals surface area (Å²) in [6, 6.07) is 4.47. The van der Waals surface area contributed by atoms with Crippen LogP contribution in [-0.4, -0.2) is 87.2 Å². The highest BCUT2D eigenvalue weighted by atomic mass is 35.5. The predicted octanol–water partition coefficient (Wildman–Crippen LogP) is 1.59. The second-order valence-electron chi connectivity index (χ2n) is 9.72. The monoisotopic (exact) mass is 561 g/mol. The van der Waals surface area contributed by atoms with Gasteiger partial charge in [-0.2, -0.15) is 0 Å². The summed E-state index contributed by atoms with van der Waals surface area (Å²) in [6.45, 7) is 2.26. The SMILES string of the molecule is CSC1O[C@H]([C@H](NC(=O)C2CC[C@H](CCC(=O)Nc3cccc(F)c3)CCN2)[C@H](C)Cl)C(O)C(O)[C@H]1O. The molecule has 0 radical (unpaired) electrons. The zero-order valence-electron chi connectivity index (χ0n) is 21.0. The van der Waals surface area contributed by atoms with Gasteiger partial charge in [0.15, 0.2) is 0 Å². The lowest BCUT2D eigenvalue weighted by atomic mass is 9.92. The molecule has 0 saturated carbocycles. The van der Waals surface area contributed by atoms with Gasteiger partial charge in [0.05, 0.1) is 17.5 Å². The molecular weight excluding hydrogens is 525 g/mol. The minimum absolute atomic E-state index is 0.182. The van der Waals surface area contributed by atoms with Crippen molar-refractivity contribution in [1.82, 2.24) is 10.6 Å². The van der Waals surface area contributed by atoms with Crippen LogP contribution in [0.25, 0.3) is 0 Å². The van der Waals surface area contributed by atoms with Gasteiger partial charge in [0.2, 0.25) is 11.8 Å². The molecule has 0 aliphatic carbocycles. The highest BCUT2D eigenvalue weighted by molar-refractivity contribution is 7.99. The minimum Gasteiger partial charge on any atom is -0.388 e. The number of amides is 2. The number of ether oxygens (including phenoxy) is 1. The van der Waals surface area contributed by atoms with E-state index in [-0.39, 0.29) is 17.7 Å². The van der Waals surface area contributed by atoms with E-state index in [1.54, 1.807) is 19.2 Å². The number of hydrogen-bond acceptors (Lipinski definition) is 8. The molecule has 6 N–H and O–H groups in total. The van der Waals surface area contributed by atoms with E-state index in [0.29, 0.717) is 31.5 Å². The first-order valence-electron chi connectivity index (χ1n) is 12.6. The molecule has 2 aliphatic heterocycles. The Kier molecular flexibility index (Phi) is 11.4. The summed E-state index contributed by atoms with van der Waals surface area (Å²) in [5.74, 6) is -0.643. The van der Waals surface area contributed by atoms with Crippen LogP contribution in [0.15, 0.2) is 24.3 Å². The van der Waals surface area contributed by atoms with Gasteiger partial charge in [-0.25, -0.2) is 4.39 Å². The van der Waals surface area contributed by atoms with Crippen molar-refractivity contribution in [3.8, 4) is 0 Å². The summed E-state index contributed by atoms with van der Waals surface area (Å²) < 4.78 is 19.1. The van der Waals surface area contributed by atoms with E-state index in [9.17, 15) is 29.3 Å². The van der Waals surface area contributed by atoms with Crippen LogP contribution < -0.4 is 16.0 Å². The van der Waals surface area contributed by atoms with Gasteiger partial charge < -0.3 is 36.0 Å². The number of halogens is 2. The van der Waals surface area contributed by atoms with Crippen LogP contribution in [-0.2, 0) is 14.3 Å². The fraction of sp³-hybridized carbons (Fsp3) is 0.680. The topological polar surface area (TPSA) is 140 Å². The van der Waals surface area contributed by atoms with Crippen molar-refractivity contribution >= 4 is 40.9 Å². The van der Waals surface area contributed by atoms with Gasteiger partial charge in [-0.15, -0.1) is 23.4 Å². The Morgan fingerprint density at radius 2 is 1.97 bits per heavy atom. The minimum atomic E-state index is -1.43. The Hall–Kier alpha value is -1.47. The first-order chi connectivity index (χ1) is 17.6. The molecule has 9 nitrogen and oxygen atoms in total. The molecule has 1 aromatic rings. The molecule has 208 valence electrons. The second kappa shape index (κ2) is 14.1. The van der Waals surface area contributed by atoms with Crippen LogP contribution in [0.5, 0.6) is 0 Å². The number of hydrogen-bond donors (Lipinski definition) is 6. The molecule has 37 heavy (non-hydrogen) atoms. The smallest absolute Gasteiger partial charge is 0.237 e. The highest BCUT2D eigenvalue weighted by Gasteiger charge is 2.48. The largest absolute Gasteiger partial charge is 0.388 e. The Morgan fingerprint density at radius 3 is 2.65 bits per heavy atom. The lowest BCUT2D eigenvalue weighted by Gasteiger charge is -2.44. The van der Waals surface area contributed by atoms with E-state index in [4.69, 9.17) is 16.3 Å². The molecule has 2 aliphatic rings. The molecule has 1 aromatic carbocycles. The van der Waals surface area contributed by atoms with Gasteiger partial charge in [0.25, 0.3) is 0 Å². The molecule has 0 spiro atoms. The fourth-order valence-corrected chi connectivity index (χ4v) is 5.72. The standard InChI is InChI=1S/C25H37ClFN3O6S/c1-13(26)19(23-21(33)20(32)22(34)25(36-23)37-2)30-24(35)17-8-6-14(10-11-28-17)7-9-18(31)29-16-5-3-4-15(27)12-16/h3-5,12-14,17,19-23,25,28,32-34H,6-11H2,1-2H3,(H,29,31)(H,30,35)/t13-,14+,17?,19+,20?,21?,22+,23+,25?/m0/s1. The zero-order valence-corrected chi connectivity index (χ0v) is 22.6. The number of aliphatic hydroxyl groups excluding tert-OH is 3. The first-order valence-corrected chi connectivity index (χ1v) is 14.3. The van der Waals surface area contributed by atoms with Crippen LogP contribution in [0.3, 0.4) is 0 Å². The van der Waals surface area contributed by atoms with E-state index in [0.717, 1.165) is 12.8 Å². The second-order valence-corrected chi connectivity index (χ2v) is 11.3. The summed E-state index contributed by atoms with van der Waals surface area (Å²) in [5.41, 5.74) is -0.349. The third-order valence-corrected chi connectivity index (χ3v) is 8.13. The van der Waals surface area contributed by atoms with Crippen LogP contribution in [0, 0.1) is 11.7 Å². The third-order valence-electron chi connectivity index (χ3n) is 7.01. The van der Waals surface area contributed by atoms with Crippen molar-refractivity contribution in [3.63, 3.8) is 0 Å². The fourth-order valence-electron chi connectivity index (χ4n) is 4.84. The summed E-state index contributed by atoms with van der Waals surface area (Å²) in [6.07, 6.45) is -0.365. The van der Waals surface area contributed by atoms with Gasteiger partial charge in [-0.1, -0.05) is 6.07 Å². The Bertz CT molecular complexity index is 913. The van der Waals surface area contributed by atoms with Gasteiger partial charge in [0, 0.05) is 12.1 Å². The lowest BCUT2D eigenvalue weighted by molar-refractivity contribution is -0.205. The van der Waals surface area contributed by atoms with E-state index >= 15 is 0 Å². The van der Waals surface area contributed by atoms with E-state index in [1.807, 2.05) is 0 Å².